The standard InChI is InChI=1S/C11H21N5O2S/c1-9(2)19(17,18)11-10(12)16(14-13-11)8-7-15-5-3-4-6-15/h9H,3-8,12H2,1-2H3. The van der Waals surface area contributed by atoms with Gasteiger partial charge in [0.15, 0.2) is 5.82 Å². The number of hydrogen-bond donors (Lipinski definition) is 1. The average Bonchev–Trinajstić information content (AvgIpc) is 2.96. The molecule has 0 unspecified atom stereocenters. The first kappa shape index (κ1) is 14.3. The molecule has 1 aromatic heterocycles. The summed E-state index contributed by atoms with van der Waals surface area (Å²) >= 11 is 0. The maximum atomic E-state index is 12.0. The predicted molar refractivity (Wildman–Crippen MR) is 72.4 cm³/mol. The molecular formula is C11H21N5O2S. The zero-order valence-electron chi connectivity index (χ0n) is 11.4. The SMILES string of the molecule is CC(C)S(=O)(=O)c1nnn(CCN2CCCC2)c1N. The van der Waals surface area contributed by atoms with Gasteiger partial charge in [0.2, 0.25) is 14.9 Å². The van der Waals surface area contributed by atoms with Crippen LogP contribution in [0.2, 0.25) is 0 Å². The largest absolute Gasteiger partial charge is 0.381 e. The van der Waals surface area contributed by atoms with Gasteiger partial charge in [0, 0.05) is 6.54 Å². The van der Waals surface area contributed by atoms with Crippen LogP contribution < -0.4 is 5.73 Å². The van der Waals surface area contributed by atoms with E-state index < -0.39 is 15.1 Å². The van der Waals surface area contributed by atoms with Crippen molar-refractivity contribution < 1.29 is 8.42 Å². The highest BCUT2D eigenvalue weighted by Crippen LogP contribution is 2.19. The van der Waals surface area contributed by atoms with E-state index in [-0.39, 0.29) is 10.8 Å². The van der Waals surface area contributed by atoms with Crippen molar-refractivity contribution in [2.45, 2.75) is 43.5 Å². The molecule has 2 heterocycles. The topological polar surface area (TPSA) is 94.1 Å². The van der Waals surface area contributed by atoms with E-state index >= 15 is 0 Å². The van der Waals surface area contributed by atoms with E-state index in [0.717, 1.165) is 19.6 Å². The lowest BCUT2D eigenvalue weighted by molar-refractivity contribution is 0.315. The average molecular weight is 287 g/mol. The molecule has 2 N–H and O–H groups in total. The summed E-state index contributed by atoms with van der Waals surface area (Å²) in [6.07, 6.45) is 2.44. The molecule has 0 bridgehead atoms. The minimum absolute atomic E-state index is 0.0936. The van der Waals surface area contributed by atoms with E-state index in [1.54, 1.807) is 13.8 Å². The molecule has 1 aliphatic rings. The van der Waals surface area contributed by atoms with Crippen LogP contribution in [0.25, 0.3) is 0 Å². The number of anilines is 1. The van der Waals surface area contributed by atoms with Crippen molar-refractivity contribution in [3.63, 3.8) is 0 Å². The molecule has 0 aliphatic carbocycles. The first-order valence-electron chi connectivity index (χ1n) is 6.58. The maximum Gasteiger partial charge on any atom is 0.221 e. The van der Waals surface area contributed by atoms with Crippen LogP contribution in [0, 0.1) is 0 Å². The lowest BCUT2D eigenvalue weighted by atomic mass is 10.4. The van der Waals surface area contributed by atoms with Gasteiger partial charge >= 0.3 is 0 Å². The Morgan fingerprint density at radius 2 is 1.89 bits per heavy atom. The van der Waals surface area contributed by atoms with Crippen LogP contribution in [0.15, 0.2) is 5.03 Å². The molecule has 1 aliphatic heterocycles. The zero-order valence-corrected chi connectivity index (χ0v) is 12.2. The highest BCUT2D eigenvalue weighted by Gasteiger charge is 2.27. The number of nitrogens with two attached hydrogens (primary N) is 1. The molecule has 0 amide bonds. The van der Waals surface area contributed by atoms with Gasteiger partial charge in [-0.2, -0.15) is 0 Å². The van der Waals surface area contributed by atoms with Crippen LogP contribution in [0.1, 0.15) is 26.7 Å². The number of nitrogen functional groups attached to an aromatic ring is 1. The van der Waals surface area contributed by atoms with E-state index in [1.165, 1.54) is 17.5 Å². The number of hydrogen-bond acceptors (Lipinski definition) is 6. The van der Waals surface area contributed by atoms with Gasteiger partial charge in [0.25, 0.3) is 0 Å². The smallest absolute Gasteiger partial charge is 0.221 e. The maximum absolute atomic E-state index is 12.0. The third kappa shape index (κ3) is 2.89. The van der Waals surface area contributed by atoms with Crippen molar-refractivity contribution in [2.75, 3.05) is 25.4 Å². The Hall–Kier alpha value is -1.15. The molecular weight excluding hydrogens is 266 g/mol. The summed E-state index contributed by atoms with van der Waals surface area (Å²) in [6.45, 7) is 6.80. The van der Waals surface area contributed by atoms with Crippen LogP contribution in [-0.2, 0) is 16.4 Å². The second-order valence-corrected chi connectivity index (χ2v) is 7.57. The second kappa shape index (κ2) is 5.46. The van der Waals surface area contributed by atoms with E-state index in [9.17, 15) is 8.42 Å². The molecule has 2 rings (SSSR count). The van der Waals surface area contributed by atoms with Gasteiger partial charge < -0.3 is 10.6 Å². The van der Waals surface area contributed by atoms with Gasteiger partial charge in [-0.1, -0.05) is 5.21 Å². The highest BCUT2D eigenvalue weighted by atomic mass is 32.2. The van der Waals surface area contributed by atoms with Gasteiger partial charge in [-0.3, -0.25) is 0 Å². The van der Waals surface area contributed by atoms with Crippen LogP contribution in [0.3, 0.4) is 0 Å². The highest BCUT2D eigenvalue weighted by molar-refractivity contribution is 7.92. The molecule has 1 saturated heterocycles. The lowest BCUT2D eigenvalue weighted by Crippen LogP contribution is -2.25. The van der Waals surface area contributed by atoms with E-state index in [2.05, 4.69) is 15.2 Å². The summed E-state index contributed by atoms with van der Waals surface area (Å²) in [5.74, 6) is 0.146. The Balaban J connectivity index is 2.10. The number of likely N-dealkylation sites (tertiary alicyclic amines) is 1. The second-order valence-electron chi connectivity index (χ2n) is 5.15. The summed E-state index contributed by atoms with van der Waals surface area (Å²) in [5.41, 5.74) is 5.85. The summed E-state index contributed by atoms with van der Waals surface area (Å²) < 4.78 is 25.5. The molecule has 8 heteroatoms. The normalized spacial score (nSPS) is 17.4. The van der Waals surface area contributed by atoms with Crippen molar-refractivity contribution in [2.24, 2.45) is 0 Å². The zero-order chi connectivity index (χ0) is 14.0. The monoisotopic (exact) mass is 287 g/mol. The Labute approximate surface area is 113 Å². The number of nitrogens with zero attached hydrogens (tertiary/aromatic N) is 4. The van der Waals surface area contributed by atoms with Crippen molar-refractivity contribution >= 4 is 15.7 Å². The van der Waals surface area contributed by atoms with E-state index in [1.807, 2.05) is 0 Å². The molecule has 0 spiro atoms. The van der Waals surface area contributed by atoms with Crippen LogP contribution in [0.4, 0.5) is 5.82 Å². The summed E-state index contributed by atoms with van der Waals surface area (Å²) in [5, 5.41) is 6.96. The van der Waals surface area contributed by atoms with Crippen molar-refractivity contribution in [1.29, 1.82) is 0 Å². The van der Waals surface area contributed by atoms with Gasteiger partial charge in [0.05, 0.1) is 11.8 Å². The fourth-order valence-electron chi connectivity index (χ4n) is 2.14. The molecule has 0 saturated carbocycles. The molecule has 19 heavy (non-hydrogen) atoms. The minimum Gasteiger partial charge on any atom is -0.381 e. The summed E-state index contributed by atoms with van der Waals surface area (Å²) in [4.78, 5) is 2.32. The lowest BCUT2D eigenvalue weighted by Gasteiger charge is -2.14. The van der Waals surface area contributed by atoms with Gasteiger partial charge in [-0.05, 0) is 39.8 Å². The summed E-state index contributed by atoms with van der Waals surface area (Å²) in [7, 11) is -3.46. The van der Waals surface area contributed by atoms with Gasteiger partial charge in [-0.15, -0.1) is 5.10 Å². The Morgan fingerprint density at radius 1 is 1.26 bits per heavy atom. The molecule has 0 aromatic carbocycles. The van der Waals surface area contributed by atoms with Crippen molar-refractivity contribution in [3.05, 3.63) is 0 Å². The molecule has 7 nitrogen and oxygen atoms in total. The van der Waals surface area contributed by atoms with Crippen LogP contribution in [0.5, 0.6) is 0 Å². The first-order valence-corrected chi connectivity index (χ1v) is 8.12. The Kier molecular flexibility index (Phi) is 4.10. The number of sulfone groups is 1. The fourth-order valence-corrected chi connectivity index (χ4v) is 3.13. The number of aromatic nitrogens is 3. The van der Waals surface area contributed by atoms with E-state index in [0.29, 0.717) is 6.54 Å². The van der Waals surface area contributed by atoms with Gasteiger partial charge in [-0.25, -0.2) is 13.1 Å². The quantitative estimate of drug-likeness (QED) is 0.827. The molecule has 0 radical (unpaired) electrons. The Morgan fingerprint density at radius 3 is 2.47 bits per heavy atom. The van der Waals surface area contributed by atoms with Crippen molar-refractivity contribution in [1.82, 2.24) is 19.9 Å². The molecule has 1 aromatic rings. The fraction of sp³-hybridized carbons (Fsp3) is 0.818. The summed E-state index contributed by atoms with van der Waals surface area (Å²) in [6, 6.07) is 0. The first-order chi connectivity index (χ1) is 8.93. The predicted octanol–water partition coefficient (Wildman–Crippen LogP) is 0.138. The third-order valence-corrected chi connectivity index (χ3v) is 5.53. The minimum atomic E-state index is -3.46. The van der Waals surface area contributed by atoms with E-state index in [4.69, 9.17) is 5.73 Å². The third-order valence-electron chi connectivity index (χ3n) is 3.46. The molecule has 0 atom stereocenters. The van der Waals surface area contributed by atoms with Crippen LogP contribution in [-0.4, -0.2) is 53.2 Å². The van der Waals surface area contributed by atoms with Crippen LogP contribution >= 0.6 is 0 Å². The molecule has 1 fully saturated rings. The van der Waals surface area contributed by atoms with Crippen molar-refractivity contribution in [3.8, 4) is 0 Å². The molecule has 108 valence electrons. The Bertz CT molecular complexity index is 531. The van der Waals surface area contributed by atoms with Gasteiger partial charge in [0.1, 0.15) is 0 Å². The number of rotatable bonds is 5.